The molecule has 0 saturated heterocycles. The van der Waals surface area contributed by atoms with Crippen molar-refractivity contribution in [3.8, 4) is 0 Å². The van der Waals surface area contributed by atoms with Crippen LogP contribution in [-0.4, -0.2) is 12.0 Å². The molecule has 0 atom stereocenters. The highest BCUT2D eigenvalue weighted by Gasteiger charge is 2.33. The van der Waals surface area contributed by atoms with Crippen LogP contribution in [0, 0.1) is 0 Å². The van der Waals surface area contributed by atoms with E-state index in [1.54, 1.807) is 5.43 Å². The minimum Gasteiger partial charge on any atom is -0.265 e. The topological polar surface area (TPSA) is 24.4 Å². The SMILES string of the molecule is FC(F)(F)C1=CC=C=NN1. The monoisotopic (exact) mass is 148 g/mol. The van der Waals surface area contributed by atoms with Crippen LogP contribution in [0.1, 0.15) is 0 Å². The van der Waals surface area contributed by atoms with Crippen molar-refractivity contribution in [3.05, 3.63) is 17.8 Å². The Labute approximate surface area is 54.7 Å². The second kappa shape index (κ2) is 2.19. The second-order valence-electron chi connectivity index (χ2n) is 1.60. The Morgan fingerprint density at radius 3 is 2.50 bits per heavy atom. The van der Waals surface area contributed by atoms with Crippen LogP contribution in [0.2, 0.25) is 0 Å². The number of nitrogens with zero attached hydrogens (tertiary/aromatic N) is 1. The van der Waals surface area contributed by atoms with Gasteiger partial charge in [0.1, 0.15) is 5.70 Å². The molecule has 1 rings (SSSR count). The van der Waals surface area contributed by atoms with Crippen molar-refractivity contribution in [2.45, 2.75) is 6.18 Å². The van der Waals surface area contributed by atoms with E-state index in [4.69, 9.17) is 0 Å². The Balaban J connectivity index is 2.79. The van der Waals surface area contributed by atoms with Gasteiger partial charge in [-0.25, -0.2) is 0 Å². The van der Waals surface area contributed by atoms with Crippen molar-refractivity contribution in [1.82, 2.24) is 5.43 Å². The number of alkyl halides is 3. The fourth-order valence-electron chi connectivity index (χ4n) is 0.446. The first-order valence-electron chi connectivity index (χ1n) is 2.42. The Bertz CT molecular complexity index is 220. The highest BCUT2D eigenvalue weighted by Crippen LogP contribution is 2.23. The van der Waals surface area contributed by atoms with Crippen molar-refractivity contribution in [1.29, 1.82) is 0 Å². The van der Waals surface area contributed by atoms with E-state index in [9.17, 15) is 13.2 Å². The number of hydrazone groups is 1. The van der Waals surface area contributed by atoms with E-state index in [-0.39, 0.29) is 0 Å². The lowest BCUT2D eigenvalue weighted by atomic mass is 10.4. The van der Waals surface area contributed by atoms with Crippen LogP contribution in [0.4, 0.5) is 13.2 Å². The molecule has 0 bridgehead atoms. The summed E-state index contributed by atoms with van der Waals surface area (Å²) >= 11 is 0. The van der Waals surface area contributed by atoms with Gasteiger partial charge in [0.15, 0.2) is 0 Å². The molecule has 0 spiro atoms. The lowest BCUT2D eigenvalue weighted by molar-refractivity contribution is -0.0966. The van der Waals surface area contributed by atoms with E-state index in [1.165, 1.54) is 0 Å². The molecule has 2 nitrogen and oxygen atoms in total. The van der Waals surface area contributed by atoms with E-state index < -0.39 is 11.9 Å². The van der Waals surface area contributed by atoms with Crippen molar-refractivity contribution < 1.29 is 13.2 Å². The summed E-state index contributed by atoms with van der Waals surface area (Å²) in [4.78, 5) is 0. The predicted molar refractivity (Wildman–Crippen MR) is 29.3 cm³/mol. The molecule has 1 N–H and O–H groups in total. The first-order chi connectivity index (χ1) is 4.61. The molecule has 54 valence electrons. The third kappa shape index (κ3) is 1.39. The third-order valence-corrected chi connectivity index (χ3v) is 0.871. The molecule has 0 aromatic rings. The number of hydrogen-bond acceptors (Lipinski definition) is 2. The summed E-state index contributed by atoms with van der Waals surface area (Å²) in [5.41, 5.74) is 0.909. The zero-order valence-corrected chi connectivity index (χ0v) is 4.74. The molecule has 1 aliphatic rings. The Kier molecular flexibility index (Phi) is 1.51. The molecule has 0 aromatic carbocycles. The highest BCUT2D eigenvalue weighted by atomic mass is 19.4. The van der Waals surface area contributed by atoms with Crippen LogP contribution in [0.25, 0.3) is 0 Å². The lowest BCUT2D eigenvalue weighted by Gasteiger charge is -2.09. The molecule has 0 fully saturated rings. The zero-order chi connectivity index (χ0) is 7.61. The van der Waals surface area contributed by atoms with Gasteiger partial charge in [-0.15, -0.1) is 5.10 Å². The summed E-state index contributed by atoms with van der Waals surface area (Å²) in [6.07, 6.45) is -2.38. The maximum Gasteiger partial charge on any atom is 0.432 e. The fraction of sp³-hybridized carbons (Fsp3) is 0.200. The van der Waals surface area contributed by atoms with Crippen LogP contribution in [0.5, 0.6) is 0 Å². The molecule has 1 heterocycles. The van der Waals surface area contributed by atoms with Crippen molar-refractivity contribution in [3.63, 3.8) is 0 Å². The van der Waals surface area contributed by atoms with Crippen molar-refractivity contribution >= 4 is 5.87 Å². The molecule has 0 aliphatic carbocycles. The van der Waals surface area contributed by atoms with E-state index in [0.29, 0.717) is 0 Å². The molecule has 0 amide bonds. The Morgan fingerprint density at radius 2 is 2.20 bits per heavy atom. The highest BCUT2D eigenvalue weighted by molar-refractivity contribution is 5.56. The molecule has 0 unspecified atom stereocenters. The average Bonchev–Trinajstić information content (AvgIpc) is 1.88. The normalized spacial score (nSPS) is 16.5. The van der Waals surface area contributed by atoms with E-state index in [2.05, 4.69) is 11.0 Å². The molecule has 0 radical (unpaired) electrons. The van der Waals surface area contributed by atoms with Gasteiger partial charge in [0.05, 0.1) is 0 Å². The molecular formula is C5H3F3N2. The van der Waals surface area contributed by atoms with Gasteiger partial charge in [0, 0.05) is 11.9 Å². The van der Waals surface area contributed by atoms with Crippen LogP contribution >= 0.6 is 0 Å². The Morgan fingerprint density at radius 1 is 1.50 bits per heavy atom. The molecule has 0 saturated carbocycles. The molecule has 1 aliphatic heterocycles. The number of allylic oxidation sites excluding steroid dienone is 3. The van der Waals surface area contributed by atoms with Gasteiger partial charge in [-0.05, 0) is 6.08 Å². The summed E-state index contributed by atoms with van der Waals surface area (Å²) in [5.74, 6) is 2.20. The zero-order valence-electron chi connectivity index (χ0n) is 4.74. The van der Waals surface area contributed by atoms with Gasteiger partial charge in [-0.3, -0.25) is 5.43 Å². The maximum atomic E-state index is 11.7. The molecular weight excluding hydrogens is 145 g/mol. The van der Waals surface area contributed by atoms with Gasteiger partial charge in [-0.1, -0.05) is 0 Å². The summed E-state index contributed by atoms with van der Waals surface area (Å²) in [6.45, 7) is 0. The van der Waals surface area contributed by atoms with Gasteiger partial charge >= 0.3 is 6.18 Å². The van der Waals surface area contributed by atoms with Crippen LogP contribution in [0.3, 0.4) is 0 Å². The van der Waals surface area contributed by atoms with E-state index in [0.717, 1.165) is 12.2 Å². The number of halogens is 3. The second-order valence-corrected chi connectivity index (χ2v) is 1.60. The predicted octanol–water partition coefficient (Wildman–Crippen LogP) is 1.18. The maximum absolute atomic E-state index is 11.7. The molecule has 0 aromatic heterocycles. The Hall–Kier alpha value is -1.22. The number of hydrogen-bond donors (Lipinski definition) is 1. The lowest BCUT2D eigenvalue weighted by Crippen LogP contribution is -2.23. The van der Waals surface area contributed by atoms with Crippen LogP contribution < -0.4 is 5.43 Å². The standard InChI is InChI=1S/C5H3F3N2/c6-5(7,8)4-2-1-3-9-10-4/h1-2,10H. The fourth-order valence-corrected chi connectivity index (χ4v) is 0.446. The average molecular weight is 148 g/mol. The van der Waals surface area contributed by atoms with E-state index >= 15 is 0 Å². The number of nitrogens with one attached hydrogen (secondary N) is 1. The minimum absolute atomic E-state index is 0.868. The first-order valence-corrected chi connectivity index (χ1v) is 2.42. The summed E-state index contributed by atoms with van der Waals surface area (Å²) in [6, 6.07) is 0. The quantitative estimate of drug-likeness (QED) is 0.548. The van der Waals surface area contributed by atoms with Crippen LogP contribution in [0.15, 0.2) is 23.0 Å². The van der Waals surface area contributed by atoms with Gasteiger partial charge in [-0.2, -0.15) is 13.2 Å². The third-order valence-electron chi connectivity index (χ3n) is 0.871. The number of rotatable bonds is 0. The minimum atomic E-state index is -4.35. The van der Waals surface area contributed by atoms with Gasteiger partial charge in [0.25, 0.3) is 0 Å². The molecule has 5 heteroatoms. The van der Waals surface area contributed by atoms with Crippen molar-refractivity contribution in [2.24, 2.45) is 5.10 Å². The van der Waals surface area contributed by atoms with Gasteiger partial charge in [0.2, 0.25) is 0 Å². The summed E-state index contributed by atoms with van der Waals surface area (Å²) < 4.78 is 35.1. The largest absolute Gasteiger partial charge is 0.432 e. The summed E-state index contributed by atoms with van der Waals surface area (Å²) in [5, 5.41) is 3.08. The first kappa shape index (κ1) is 6.89. The smallest absolute Gasteiger partial charge is 0.265 e. The summed E-state index contributed by atoms with van der Waals surface area (Å²) in [7, 11) is 0. The van der Waals surface area contributed by atoms with E-state index in [1.807, 2.05) is 0 Å². The van der Waals surface area contributed by atoms with Crippen LogP contribution in [-0.2, 0) is 0 Å². The molecule has 10 heavy (non-hydrogen) atoms. The van der Waals surface area contributed by atoms with Gasteiger partial charge < -0.3 is 0 Å². The van der Waals surface area contributed by atoms with Crippen molar-refractivity contribution in [2.75, 3.05) is 0 Å².